The molecule has 0 bridgehead atoms. The Morgan fingerprint density at radius 1 is 1.26 bits per heavy atom. The van der Waals surface area contributed by atoms with Crippen molar-refractivity contribution < 1.29 is 4.74 Å². The highest BCUT2D eigenvalue weighted by Gasteiger charge is 2.18. The third-order valence-electron chi connectivity index (χ3n) is 3.08. The SMILES string of the molecule is Clc1ccc(-c2cnc(C3COCCN3)[nH]2)cc1Cl. The zero-order valence-electron chi connectivity index (χ0n) is 10.1. The maximum absolute atomic E-state index is 6.02. The Morgan fingerprint density at radius 2 is 2.16 bits per heavy atom. The molecule has 0 amide bonds. The van der Waals surface area contributed by atoms with Gasteiger partial charge in [0.25, 0.3) is 0 Å². The van der Waals surface area contributed by atoms with Gasteiger partial charge in [-0.25, -0.2) is 4.98 Å². The van der Waals surface area contributed by atoms with E-state index in [1.54, 1.807) is 12.3 Å². The molecule has 0 aliphatic carbocycles. The standard InChI is InChI=1S/C13H13Cl2N3O/c14-9-2-1-8(5-10(9)15)11-6-17-13(18-11)12-7-19-4-3-16-12/h1-2,5-6,12,16H,3-4,7H2,(H,17,18). The van der Waals surface area contributed by atoms with Gasteiger partial charge in [-0.3, -0.25) is 0 Å². The first-order valence-corrected chi connectivity index (χ1v) is 6.81. The van der Waals surface area contributed by atoms with Gasteiger partial charge in [-0.2, -0.15) is 0 Å². The number of rotatable bonds is 2. The third kappa shape index (κ3) is 2.77. The topological polar surface area (TPSA) is 49.9 Å². The molecule has 4 nitrogen and oxygen atoms in total. The molecule has 2 heterocycles. The van der Waals surface area contributed by atoms with Gasteiger partial charge in [0.05, 0.1) is 41.2 Å². The lowest BCUT2D eigenvalue weighted by molar-refractivity contribution is 0.0745. The van der Waals surface area contributed by atoms with Crippen molar-refractivity contribution in [2.45, 2.75) is 6.04 Å². The number of H-pyrrole nitrogens is 1. The fourth-order valence-corrected chi connectivity index (χ4v) is 2.36. The van der Waals surface area contributed by atoms with Crippen molar-refractivity contribution in [2.24, 2.45) is 0 Å². The summed E-state index contributed by atoms with van der Waals surface area (Å²) in [5, 5.41) is 4.44. The number of ether oxygens (including phenoxy) is 1. The number of aromatic nitrogens is 2. The monoisotopic (exact) mass is 297 g/mol. The van der Waals surface area contributed by atoms with E-state index in [9.17, 15) is 0 Å². The number of aromatic amines is 1. The summed E-state index contributed by atoms with van der Waals surface area (Å²) in [5.41, 5.74) is 1.88. The van der Waals surface area contributed by atoms with Crippen molar-refractivity contribution in [3.05, 3.63) is 40.3 Å². The summed E-state index contributed by atoms with van der Waals surface area (Å²) in [7, 11) is 0. The smallest absolute Gasteiger partial charge is 0.126 e. The minimum Gasteiger partial charge on any atom is -0.378 e. The summed E-state index contributed by atoms with van der Waals surface area (Å²) in [6.07, 6.45) is 1.80. The van der Waals surface area contributed by atoms with Gasteiger partial charge in [-0.15, -0.1) is 0 Å². The fraction of sp³-hybridized carbons (Fsp3) is 0.308. The average Bonchev–Trinajstić information content (AvgIpc) is 2.93. The average molecular weight is 298 g/mol. The molecule has 0 radical (unpaired) electrons. The lowest BCUT2D eigenvalue weighted by Crippen LogP contribution is -2.35. The van der Waals surface area contributed by atoms with E-state index >= 15 is 0 Å². The Morgan fingerprint density at radius 3 is 2.89 bits per heavy atom. The largest absolute Gasteiger partial charge is 0.378 e. The molecule has 1 saturated heterocycles. The van der Waals surface area contributed by atoms with Crippen LogP contribution in [-0.4, -0.2) is 29.7 Å². The maximum Gasteiger partial charge on any atom is 0.126 e. The Balaban J connectivity index is 1.85. The summed E-state index contributed by atoms with van der Waals surface area (Å²) in [6, 6.07) is 5.63. The van der Waals surface area contributed by atoms with Crippen molar-refractivity contribution in [2.75, 3.05) is 19.8 Å². The molecule has 2 N–H and O–H groups in total. The van der Waals surface area contributed by atoms with Crippen molar-refractivity contribution in [3.63, 3.8) is 0 Å². The first kappa shape index (κ1) is 12.9. The normalized spacial score (nSPS) is 19.6. The summed E-state index contributed by atoms with van der Waals surface area (Å²) in [4.78, 5) is 7.68. The van der Waals surface area contributed by atoms with Gasteiger partial charge in [-0.1, -0.05) is 29.3 Å². The second kappa shape index (κ2) is 5.51. The van der Waals surface area contributed by atoms with Gasteiger partial charge in [0.1, 0.15) is 5.82 Å². The second-order valence-electron chi connectivity index (χ2n) is 4.39. The minimum atomic E-state index is 0.116. The number of hydrogen-bond acceptors (Lipinski definition) is 3. The van der Waals surface area contributed by atoms with Crippen LogP contribution in [0, 0.1) is 0 Å². The van der Waals surface area contributed by atoms with E-state index in [-0.39, 0.29) is 6.04 Å². The molecule has 1 fully saturated rings. The van der Waals surface area contributed by atoms with Crippen molar-refractivity contribution in [1.82, 2.24) is 15.3 Å². The highest BCUT2D eigenvalue weighted by molar-refractivity contribution is 6.42. The number of halogens is 2. The van der Waals surface area contributed by atoms with Crippen molar-refractivity contribution in [1.29, 1.82) is 0 Å². The first-order valence-electron chi connectivity index (χ1n) is 6.05. The van der Waals surface area contributed by atoms with Crippen molar-refractivity contribution in [3.8, 4) is 11.3 Å². The molecule has 0 spiro atoms. The molecular weight excluding hydrogens is 285 g/mol. The molecule has 1 unspecified atom stereocenters. The van der Waals surface area contributed by atoms with Crippen LogP contribution in [0.3, 0.4) is 0 Å². The molecule has 2 aromatic rings. The Bertz CT molecular complexity index is 579. The van der Waals surface area contributed by atoms with Crippen LogP contribution in [0.4, 0.5) is 0 Å². The molecule has 1 aliphatic rings. The summed E-state index contributed by atoms with van der Waals surface area (Å²) in [5.74, 6) is 0.876. The predicted octanol–water partition coefficient (Wildman–Crippen LogP) is 3.04. The van der Waals surface area contributed by atoms with Crippen LogP contribution in [0.15, 0.2) is 24.4 Å². The van der Waals surface area contributed by atoms with Crippen LogP contribution in [0.25, 0.3) is 11.3 Å². The van der Waals surface area contributed by atoms with E-state index < -0.39 is 0 Å². The van der Waals surface area contributed by atoms with E-state index in [4.69, 9.17) is 27.9 Å². The number of nitrogens with one attached hydrogen (secondary N) is 2. The fourth-order valence-electron chi connectivity index (χ4n) is 2.07. The number of morpholine rings is 1. The molecule has 0 saturated carbocycles. The van der Waals surface area contributed by atoms with E-state index in [2.05, 4.69) is 15.3 Å². The molecule has 1 atom stereocenters. The van der Waals surface area contributed by atoms with Crippen LogP contribution in [0.1, 0.15) is 11.9 Å². The molecular formula is C13H13Cl2N3O. The molecule has 1 aromatic heterocycles. The maximum atomic E-state index is 6.02. The summed E-state index contributed by atoms with van der Waals surface area (Å²) < 4.78 is 5.43. The molecule has 3 rings (SSSR count). The minimum absolute atomic E-state index is 0.116. The van der Waals surface area contributed by atoms with E-state index in [1.807, 2.05) is 12.1 Å². The number of benzene rings is 1. The van der Waals surface area contributed by atoms with E-state index in [0.717, 1.165) is 30.2 Å². The number of nitrogens with zero attached hydrogens (tertiary/aromatic N) is 1. The van der Waals surface area contributed by atoms with E-state index in [1.165, 1.54) is 0 Å². The first-order chi connectivity index (χ1) is 9.24. The second-order valence-corrected chi connectivity index (χ2v) is 5.21. The van der Waals surface area contributed by atoms with Crippen LogP contribution in [-0.2, 0) is 4.74 Å². The lowest BCUT2D eigenvalue weighted by atomic mass is 10.2. The van der Waals surface area contributed by atoms with Gasteiger partial charge < -0.3 is 15.0 Å². The Labute approximate surface area is 121 Å². The summed E-state index contributed by atoms with van der Waals surface area (Å²) in [6.45, 7) is 2.22. The van der Waals surface area contributed by atoms with Gasteiger partial charge in [0.2, 0.25) is 0 Å². The van der Waals surface area contributed by atoms with Gasteiger partial charge >= 0.3 is 0 Å². The zero-order chi connectivity index (χ0) is 13.2. The Hall–Kier alpha value is -1.07. The van der Waals surface area contributed by atoms with Crippen LogP contribution in [0.2, 0.25) is 10.0 Å². The zero-order valence-corrected chi connectivity index (χ0v) is 11.6. The predicted molar refractivity (Wildman–Crippen MR) is 75.6 cm³/mol. The third-order valence-corrected chi connectivity index (χ3v) is 3.82. The van der Waals surface area contributed by atoms with Crippen LogP contribution < -0.4 is 5.32 Å². The van der Waals surface area contributed by atoms with Gasteiger partial charge in [0.15, 0.2) is 0 Å². The van der Waals surface area contributed by atoms with E-state index in [0.29, 0.717) is 16.7 Å². The van der Waals surface area contributed by atoms with Crippen LogP contribution >= 0.6 is 23.2 Å². The highest BCUT2D eigenvalue weighted by Crippen LogP contribution is 2.28. The highest BCUT2D eigenvalue weighted by atomic mass is 35.5. The molecule has 100 valence electrons. The molecule has 1 aromatic carbocycles. The Kier molecular flexibility index (Phi) is 3.75. The van der Waals surface area contributed by atoms with Crippen molar-refractivity contribution >= 4 is 23.2 Å². The molecule has 19 heavy (non-hydrogen) atoms. The summed E-state index contributed by atoms with van der Waals surface area (Å²) >= 11 is 11.9. The van der Waals surface area contributed by atoms with Gasteiger partial charge in [-0.05, 0) is 12.1 Å². The molecule has 6 heteroatoms. The lowest BCUT2D eigenvalue weighted by Gasteiger charge is -2.21. The quantitative estimate of drug-likeness (QED) is 0.896. The van der Waals surface area contributed by atoms with Crippen LogP contribution in [0.5, 0.6) is 0 Å². The number of imidazole rings is 1. The number of hydrogen-bond donors (Lipinski definition) is 2. The van der Waals surface area contributed by atoms with Gasteiger partial charge in [0, 0.05) is 12.1 Å². The molecule has 1 aliphatic heterocycles.